The molecule has 138 valence electrons. The molecular weight excluding hydrogens is 431 g/mol. The highest BCUT2D eigenvalue weighted by atomic mass is 127. The molecular formula is C16H26F2IN3O2. The second kappa shape index (κ2) is 14.4. The van der Waals surface area contributed by atoms with Crippen LogP contribution in [0.5, 0.6) is 0 Å². The van der Waals surface area contributed by atoms with Crippen LogP contribution in [0.4, 0.5) is 8.78 Å². The first-order valence-electron chi connectivity index (χ1n) is 7.70. The lowest BCUT2D eigenvalue weighted by molar-refractivity contribution is 0.0698. The normalized spacial score (nSPS) is 11.1. The van der Waals surface area contributed by atoms with E-state index in [2.05, 4.69) is 15.6 Å². The molecule has 1 aromatic carbocycles. The second-order valence-electron chi connectivity index (χ2n) is 4.82. The molecule has 8 heteroatoms. The number of benzene rings is 1. The molecule has 0 aliphatic rings. The summed E-state index contributed by atoms with van der Waals surface area (Å²) >= 11 is 0. The van der Waals surface area contributed by atoms with Gasteiger partial charge in [-0.25, -0.2) is 13.8 Å². The Morgan fingerprint density at radius 2 is 1.96 bits per heavy atom. The molecule has 0 aromatic heterocycles. The minimum Gasteiger partial charge on any atom is -0.382 e. The van der Waals surface area contributed by atoms with Crippen LogP contribution in [-0.2, 0) is 16.0 Å². The van der Waals surface area contributed by atoms with Gasteiger partial charge in [0.05, 0.1) is 19.8 Å². The molecule has 0 unspecified atom stereocenters. The van der Waals surface area contributed by atoms with Crippen molar-refractivity contribution in [1.29, 1.82) is 0 Å². The largest absolute Gasteiger partial charge is 0.382 e. The Bertz CT molecular complexity index is 490. The van der Waals surface area contributed by atoms with E-state index in [1.165, 1.54) is 0 Å². The topological polar surface area (TPSA) is 54.9 Å². The first-order valence-corrected chi connectivity index (χ1v) is 7.70. The fraction of sp³-hybridized carbons (Fsp3) is 0.562. The van der Waals surface area contributed by atoms with Gasteiger partial charge in [0.2, 0.25) is 0 Å². The zero-order valence-corrected chi connectivity index (χ0v) is 16.4. The van der Waals surface area contributed by atoms with Gasteiger partial charge in [-0.2, -0.15) is 0 Å². The molecule has 0 heterocycles. The molecule has 0 bridgehead atoms. The van der Waals surface area contributed by atoms with E-state index in [4.69, 9.17) is 9.47 Å². The van der Waals surface area contributed by atoms with Crippen molar-refractivity contribution in [2.45, 2.75) is 19.9 Å². The molecule has 0 aliphatic carbocycles. The van der Waals surface area contributed by atoms with E-state index in [0.29, 0.717) is 38.9 Å². The predicted molar refractivity (Wildman–Crippen MR) is 102 cm³/mol. The summed E-state index contributed by atoms with van der Waals surface area (Å²) in [6, 6.07) is 3.36. The first-order chi connectivity index (χ1) is 11.2. The molecule has 0 aliphatic heterocycles. The van der Waals surface area contributed by atoms with Crippen molar-refractivity contribution in [3.63, 3.8) is 0 Å². The zero-order chi connectivity index (χ0) is 16.9. The lowest BCUT2D eigenvalue weighted by Crippen LogP contribution is -2.38. The Hall–Kier alpha value is -1.00. The van der Waals surface area contributed by atoms with E-state index >= 15 is 0 Å². The maximum Gasteiger partial charge on any atom is 0.191 e. The Morgan fingerprint density at radius 3 is 2.67 bits per heavy atom. The van der Waals surface area contributed by atoms with Crippen molar-refractivity contribution in [3.8, 4) is 0 Å². The van der Waals surface area contributed by atoms with Crippen molar-refractivity contribution in [2.75, 3.05) is 40.0 Å². The molecule has 2 N–H and O–H groups in total. The number of guanidine groups is 1. The highest BCUT2D eigenvalue weighted by Gasteiger charge is 2.04. The fourth-order valence-corrected chi connectivity index (χ4v) is 1.80. The van der Waals surface area contributed by atoms with E-state index in [-0.39, 0.29) is 36.1 Å². The van der Waals surface area contributed by atoms with E-state index in [0.717, 1.165) is 24.6 Å². The van der Waals surface area contributed by atoms with Crippen LogP contribution in [0.2, 0.25) is 0 Å². The molecule has 0 radical (unpaired) electrons. The van der Waals surface area contributed by atoms with Gasteiger partial charge in [-0.1, -0.05) is 0 Å². The summed E-state index contributed by atoms with van der Waals surface area (Å²) < 4.78 is 36.9. The van der Waals surface area contributed by atoms with Crippen LogP contribution < -0.4 is 10.6 Å². The quantitative estimate of drug-likeness (QED) is 0.246. The molecule has 0 atom stereocenters. The summed E-state index contributed by atoms with van der Waals surface area (Å²) in [6.07, 6.45) is 0.808. The SMILES string of the molecule is CCNC(=NCc1cc(F)ccc1F)NCCCOCCOC.I. The Labute approximate surface area is 159 Å². The van der Waals surface area contributed by atoms with Crippen LogP contribution in [0, 0.1) is 11.6 Å². The number of methoxy groups -OCH3 is 1. The van der Waals surface area contributed by atoms with Gasteiger partial charge in [0.15, 0.2) is 5.96 Å². The Balaban J connectivity index is 0.00000529. The number of rotatable bonds is 10. The van der Waals surface area contributed by atoms with E-state index in [1.54, 1.807) is 7.11 Å². The highest BCUT2D eigenvalue weighted by molar-refractivity contribution is 14.0. The van der Waals surface area contributed by atoms with Crippen molar-refractivity contribution in [1.82, 2.24) is 10.6 Å². The highest BCUT2D eigenvalue weighted by Crippen LogP contribution is 2.10. The third-order valence-corrected chi connectivity index (χ3v) is 2.95. The summed E-state index contributed by atoms with van der Waals surface area (Å²) in [6.45, 7) is 5.14. The van der Waals surface area contributed by atoms with Crippen molar-refractivity contribution in [2.24, 2.45) is 4.99 Å². The molecule has 24 heavy (non-hydrogen) atoms. The minimum absolute atomic E-state index is 0. The number of nitrogens with zero attached hydrogens (tertiary/aromatic N) is 1. The van der Waals surface area contributed by atoms with Gasteiger partial charge in [-0.15, -0.1) is 24.0 Å². The minimum atomic E-state index is -0.470. The molecule has 5 nitrogen and oxygen atoms in total. The number of halogens is 3. The maximum absolute atomic E-state index is 13.6. The summed E-state index contributed by atoms with van der Waals surface area (Å²) in [5.41, 5.74) is 0.227. The van der Waals surface area contributed by atoms with Gasteiger partial charge in [-0.3, -0.25) is 0 Å². The predicted octanol–water partition coefficient (Wildman–Crippen LogP) is 2.69. The lowest BCUT2D eigenvalue weighted by atomic mass is 10.2. The Kier molecular flexibility index (Phi) is 13.8. The summed E-state index contributed by atoms with van der Waals surface area (Å²) in [4.78, 5) is 4.26. The number of nitrogens with one attached hydrogen (secondary N) is 2. The van der Waals surface area contributed by atoms with Crippen LogP contribution in [-0.4, -0.2) is 46.0 Å². The van der Waals surface area contributed by atoms with Gasteiger partial charge in [0, 0.05) is 32.4 Å². The number of hydrogen-bond donors (Lipinski definition) is 2. The van der Waals surface area contributed by atoms with Gasteiger partial charge in [0.1, 0.15) is 11.6 Å². The van der Waals surface area contributed by atoms with Gasteiger partial charge >= 0.3 is 0 Å². The van der Waals surface area contributed by atoms with Gasteiger partial charge in [-0.05, 0) is 31.5 Å². The van der Waals surface area contributed by atoms with Crippen LogP contribution in [0.25, 0.3) is 0 Å². The van der Waals surface area contributed by atoms with E-state index < -0.39 is 11.6 Å². The fourth-order valence-electron chi connectivity index (χ4n) is 1.80. The summed E-state index contributed by atoms with van der Waals surface area (Å²) in [7, 11) is 1.63. The van der Waals surface area contributed by atoms with E-state index in [9.17, 15) is 8.78 Å². The standard InChI is InChI=1S/C16H25F2N3O2.HI/c1-3-19-16(20-7-4-8-23-10-9-22-2)21-12-13-11-14(17)5-6-15(13)18;/h5-6,11H,3-4,7-10,12H2,1-2H3,(H2,19,20,21);1H. The van der Waals surface area contributed by atoms with E-state index in [1.807, 2.05) is 6.92 Å². The van der Waals surface area contributed by atoms with Gasteiger partial charge in [0.25, 0.3) is 0 Å². The molecule has 0 saturated carbocycles. The molecule has 0 saturated heterocycles. The van der Waals surface area contributed by atoms with Crippen molar-refractivity contribution in [3.05, 3.63) is 35.4 Å². The summed E-state index contributed by atoms with van der Waals surface area (Å²) in [5.74, 6) is -0.367. The van der Waals surface area contributed by atoms with Crippen LogP contribution in [0.3, 0.4) is 0 Å². The maximum atomic E-state index is 13.6. The zero-order valence-electron chi connectivity index (χ0n) is 14.1. The molecule has 0 amide bonds. The molecule has 0 fully saturated rings. The van der Waals surface area contributed by atoms with Crippen LogP contribution in [0.1, 0.15) is 18.9 Å². The third-order valence-electron chi connectivity index (χ3n) is 2.95. The number of aliphatic imine (C=N–C) groups is 1. The van der Waals surface area contributed by atoms with Crippen molar-refractivity contribution >= 4 is 29.9 Å². The van der Waals surface area contributed by atoms with Crippen molar-refractivity contribution < 1.29 is 18.3 Å². The smallest absolute Gasteiger partial charge is 0.191 e. The van der Waals surface area contributed by atoms with Crippen LogP contribution in [0.15, 0.2) is 23.2 Å². The van der Waals surface area contributed by atoms with Crippen LogP contribution >= 0.6 is 24.0 Å². The average Bonchev–Trinajstić information content (AvgIpc) is 2.54. The monoisotopic (exact) mass is 457 g/mol. The Morgan fingerprint density at radius 1 is 1.17 bits per heavy atom. The summed E-state index contributed by atoms with van der Waals surface area (Å²) in [5, 5.41) is 6.19. The second-order valence-corrected chi connectivity index (χ2v) is 4.82. The third kappa shape index (κ3) is 9.99. The molecule has 1 rings (SSSR count). The average molecular weight is 457 g/mol. The lowest BCUT2D eigenvalue weighted by Gasteiger charge is -2.11. The van der Waals surface area contributed by atoms with Gasteiger partial charge < -0.3 is 20.1 Å². The molecule has 0 spiro atoms. The number of ether oxygens (including phenoxy) is 2. The number of hydrogen-bond acceptors (Lipinski definition) is 3. The first kappa shape index (κ1) is 23.0. The molecule has 1 aromatic rings.